The molecule has 6 heteroatoms. The number of carbonyl (C=O) groups excluding carboxylic acids is 2. The van der Waals surface area contributed by atoms with Gasteiger partial charge in [-0.05, 0) is 42.7 Å². The summed E-state index contributed by atoms with van der Waals surface area (Å²) in [5.41, 5.74) is 2.60. The van der Waals surface area contributed by atoms with Crippen LogP contribution >= 0.6 is 0 Å². The summed E-state index contributed by atoms with van der Waals surface area (Å²) in [4.78, 5) is 26.9. The molecule has 1 aliphatic heterocycles. The number of hydrogen-bond acceptors (Lipinski definition) is 4. The van der Waals surface area contributed by atoms with Crippen molar-refractivity contribution in [2.24, 2.45) is 0 Å². The van der Waals surface area contributed by atoms with Crippen LogP contribution in [0.1, 0.15) is 24.5 Å². The third kappa shape index (κ3) is 5.03. The minimum atomic E-state index is -0.196. The molecule has 0 radical (unpaired) electrons. The number of benzene rings is 2. The number of fused-ring (bicyclic) bond motifs is 1. The molecule has 1 N–H and O–H groups in total. The number of aryl methyl sites for hydroxylation is 1. The van der Waals surface area contributed by atoms with Crippen molar-refractivity contribution < 1.29 is 19.1 Å². The first-order valence-electron chi connectivity index (χ1n) is 9.58. The largest absolute Gasteiger partial charge is 0.486 e. The van der Waals surface area contributed by atoms with Crippen molar-refractivity contribution in [1.29, 1.82) is 0 Å². The van der Waals surface area contributed by atoms with Gasteiger partial charge in [0.15, 0.2) is 11.5 Å². The molecule has 0 fully saturated rings. The van der Waals surface area contributed by atoms with Gasteiger partial charge in [0.1, 0.15) is 13.2 Å². The number of nitrogens with one attached hydrogen (secondary N) is 1. The van der Waals surface area contributed by atoms with E-state index < -0.39 is 0 Å². The van der Waals surface area contributed by atoms with Crippen molar-refractivity contribution in [2.45, 2.75) is 26.7 Å². The molecule has 2 aromatic carbocycles. The number of para-hydroxylation sites is 1. The van der Waals surface area contributed by atoms with E-state index in [4.69, 9.17) is 9.47 Å². The minimum absolute atomic E-state index is 0.0333. The molecule has 28 heavy (non-hydrogen) atoms. The van der Waals surface area contributed by atoms with E-state index in [1.165, 1.54) is 0 Å². The predicted molar refractivity (Wildman–Crippen MR) is 108 cm³/mol. The van der Waals surface area contributed by atoms with Gasteiger partial charge in [-0.15, -0.1) is 0 Å². The monoisotopic (exact) mass is 382 g/mol. The molecule has 3 rings (SSSR count). The zero-order chi connectivity index (χ0) is 19.9. The van der Waals surface area contributed by atoms with Gasteiger partial charge in [0.2, 0.25) is 11.8 Å². The minimum Gasteiger partial charge on any atom is -0.486 e. The molecule has 0 saturated heterocycles. The van der Waals surface area contributed by atoms with Crippen molar-refractivity contribution in [3.05, 3.63) is 53.6 Å². The van der Waals surface area contributed by atoms with Gasteiger partial charge >= 0.3 is 0 Å². The molecule has 0 aromatic heterocycles. The van der Waals surface area contributed by atoms with E-state index >= 15 is 0 Å². The van der Waals surface area contributed by atoms with Crippen molar-refractivity contribution in [3.63, 3.8) is 0 Å². The smallest absolute Gasteiger partial charge is 0.244 e. The molecule has 0 aliphatic carbocycles. The standard InChI is InChI=1S/C22H26N2O4/c1-3-10-24(15-21(25)23-18-7-5-4-6-16(18)2)22(26)14-17-8-9-19-20(13-17)28-12-11-27-19/h4-9,13H,3,10-12,14-15H2,1-2H3,(H,23,25). The van der Waals surface area contributed by atoms with Gasteiger partial charge in [0, 0.05) is 12.2 Å². The molecular weight excluding hydrogens is 356 g/mol. The molecular formula is C22H26N2O4. The van der Waals surface area contributed by atoms with Crippen LogP contribution in [0.5, 0.6) is 11.5 Å². The van der Waals surface area contributed by atoms with Crippen LogP contribution in [0.4, 0.5) is 5.69 Å². The molecule has 0 bridgehead atoms. The summed E-state index contributed by atoms with van der Waals surface area (Å²) in [5.74, 6) is 1.08. The summed E-state index contributed by atoms with van der Waals surface area (Å²) in [6.45, 7) is 5.53. The van der Waals surface area contributed by atoms with Crippen molar-refractivity contribution in [2.75, 3.05) is 31.6 Å². The number of nitrogens with zero attached hydrogens (tertiary/aromatic N) is 1. The lowest BCUT2D eigenvalue weighted by Gasteiger charge is -2.23. The topological polar surface area (TPSA) is 67.9 Å². The van der Waals surface area contributed by atoms with Crippen LogP contribution in [0.15, 0.2) is 42.5 Å². The number of rotatable bonds is 7. The van der Waals surface area contributed by atoms with Crippen molar-refractivity contribution in [3.8, 4) is 11.5 Å². The summed E-state index contributed by atoms with van der Waals surface area (Å²) in [6, 6.07) is 13.1. The molecule has 0 saturated carbocycles. The second kappa shape index (κ2) is 9.26. The van der Waals surface area contributed by atoms with Gasteiger partial charge in [0.25, 0.3) is 0 Å². The highest BCUT2D eigenvalue weighted by Crippen LogP contribution is 2.31. The van der Waals surface area contributed by atoms with E-state index in [0.29, 0.717) is 31.3 Å². The van der Waals surface area contributed by atoms with E-state index in [-0.39, 0.29) is 24.8 Å². The number of carbonyl (C=O) groups is 2. The van der Waals surface area contributed by atoms with Crippen LogP contribution in [0.25, 0.3) is 0 Å². The van der Waals surface area contributed by atoms with Gasteiger partial charge in [-0.3, -0.25) is 9.59 Å². The normalized spacial score (nSPS) is 12.4. The van der Waals surface area contributed by atoms with Crippen LogP contribution in [-0.4, -0.2) is 43.0 Å². The number of amides is 2. The average molecular weight is 382 g/mol. The Kier molecular flexibility index (Phi) is 6.53. The van der Waals surface area contributed by atoms with Gasteiger partial charge in [-0.2, -0.15) is 0 Å². The second-order valence-corrected chi connectivity index (χ2v) is 6.83. The van der Waals surface area contributed by atoms with Crippen LogP contribution in [0, 0.1) is 6.92 Å². The third-order valence-corrected chi connectivity index (χ3v) is 4.56. The maximum absolute atomic E-state index is 12.8. The van der Waals surface area contributed by atoms with E-state index in [1.807, 2.05) is 56.3 Å². The quantitative estimate of drug-likeness (QED) is 0.799. The van der Waals surface area contributed by atoms with E-state index in [9.17, 15) is 9.59 Å². The first kappa shape index (κ1) is 19.7. The Morgan fingerprint density at radius 3 is 2.57 bits per heavy atom. The van der Waals surface area contributed by atoms with Gasteiger partial charge in [-0.25, -0.2) is 0 Å². The summed E-state index contributed by atoms with van der Waals surface area (Å²) in [6.07, 6.45) is 0.999. The molecule has 0 unspecified atom stereocenters. The Morgan fingerprint density at radius 1 is 1.07 bits per heavy atom. The summed E-state index contributed by atoms with van der Waals surface area (Å²) in [7, 11) is 0. The molecule has 6 nitrogen and oxygen atoms in total. The SMILES string of the molecule is CCCN(CC(=O)Nc1ccccc1C)C(=O)Cc1ccc2c(c1)OCCO2. The number of anilines is 1. The average Bonchev–Trinajstić information content (AvgIpc) is 2.69. The van der Waals surface area contributed by atoms with E-state index in [0.717, 1.165) is 23.2 Å². The molecule has 148 valence electrons. The fourth-order valence-electron chi connectivity index (χ4n) is 3.12. The summed E-state index contributed by atoms with van der Waals surface area (Å²) < 4.78 is 11.1. The van der Waals surface area contributed by atoms with Crippen LogP contribution in [0.3, 0.4) is 0 Å². The zero-order valence-corrected chi connectivity index (χ0v) is 16.4. The van der Waals surface area contributed by atoms with E-state index in [2.05, 4.69) is 5.32 Å². The maximum Gasteiger partial charge on any atom is 0.244 e. The molecule has 2 amide bonds. The first-order chi connectivity index (χ1) is 13.6. The fourth-order valence-corrected chi connectivity index (χ4v) is 3.12. The molecule has 0 atom stereocenters. The van der Waals surface area contributed by atoms with Crippen LogP contribution < -0.4 is 14.8 Å². The lowest BCUT2D eigenvalue weighted by Crippen LogP contribution is -2.39. The molecule has 2 aromatic rings. The summed E-state index contributed by atoms with van der Waals surface area (Å²) in [5, 5.41) is 2.89. The Hall–Kier alpha value is -3.02. The highest BCUT2D eigenvalue weighted by atomic mass is 16.6. The van der Waals surface area contributed by atoms with Crippen LogP contribution in [-0.2, 0) is 16.0 Å². The molecule has 1 heterocycles. The van der Waals surface area contributed by atoms with Crippen LogP contribution in [0.2, 0.25) is 0 Å². The molecule has 1 aliphatic rings. The predicted octanol–water partition coefficient (Wildman–Crippen LogP) is 3.19. The second-order valence-electron chi connectivity index (χ2n) is 6.83. The maximum atomic E-state index is 12.8. The highest BCUT2D eigenvalue weighted by molar-refractivity contribution is 5.95. The Bertz CT molecular complexity index is 850. The number of hydrogen-bond donors (Lipinski definition) is 1. The van der Waals surface area contributed by atoms with Gasteiger partial charge in [-0.1, -0.05) is 31.2 Å². The highest BCUT2D eigenvalue weighted by Gasteiger charge is 2.19. The third-order valence-electron chi connectivity index (χ3n) is 4.56. The Morgan fingerprint density at radius 2 is 1.82 bits per heavy atom. The van der Waals surface area contributed by atoms with E-state index in [1.54, 1.807) is 4.90 Å². The van der Waals surface area contributed by atoms with Gasteiger partial charge < -0.3 is 19.7 Å². The lowest BCUT2D eigenvalue weighted by molar-refractivity contribution is -0.134. The molecule has 0 spiro atoms. The lowest BCUT2D eigenvalue weighted by atomic mass is 10.1. The number of ether oxygens (including phenoxy) is 2. The van der Waals surface area contributed by atoms with Crippen molar-refractivity contribution in [1.82, 2.24) is 4.90 Å². The summed E-state index contributed by atoms with van der Waals surface area (Å²) >= 11 is 0. The fraction of sp³-hybridized carbons (Fsp3) is 0.364. The van der Waals surface area contributed by atoms with Gasteiger partial charge in [0.05, 0.1) is 13.0 Å². The Labute approximate surface area is 165 Å². The zero-order valence-electron chi connectivity index (χ0n) is 16.4. The Balaban J connectivity index is 1.63. The first-order valence-corrected chi connectivity index (χ1v) is 9.58. The van der Waals surface area contributed by atoms with Crippen molar-refractivity contribution >= 4 is 17.5 Å².